The summed E-state index contributed by atoms with van der Waals surface area (Å²) in [6.07, 6.45) is 21.6. The number of hydrogen-bond donors (Lipinski definition) is 0. The van der Waals surface area contributed by atoms with Gasteiger partial charge in [-0.1, -0.05) is 153 Å². The van der Waals surface area contributed by atoms with Crippen LogP contribution in [0.2, 0.25) is 0 Å². The molecular weight excluding hydrogens is 1200 g/mol. The second-order valence-corrected chi connectivity index (χ2v) is 23.9. The maximum Gasteiger partial charge on any atom is 0.338 e. The van der Waals surface area contributed by atoms with Crippen molar-refractivity contribution in [2.24, 2.45) is 21.8 Å². The molecular formula is C74H86Br2N2O8. The van der Waals surface area contributed by atoms with Crippen LogP contribution in [0.5, 0.6) is 23.0 Å². The number of nitrogens with zero attached hydrogens (tertiary/aromatic N) is 2. The number of benzene rings is 7. The molecule has 7 aromatic carbocycles. The third-order valence-electron chi connectivity index (χ3n) is 15.1. The number of halogens is 2. The highest BCUT2D eigenvalue weighted by atomic mass is 79.9. The molecule has 0 aliphatic rings. The first-order valence-electron chi connectivity index (χ1n) is 31.1. The van der Waals surface area contributed by atoms with Crippen molar-refractivity contribution in [2.45, 2.75) is 130 Å². The van der Waals surface area contributed by atoms with E-state index in [0.717, 1.165) is 141 Å². The molecule has 0 amide bonds. The van der Waals surface area contributed by atoms with Crippen LogP contribution in [0, 0.1) is 11.8 Å². The molecule has 0 radical (unpaired) electrons. The molecule has 0 fully saturated rings. The summed E-state index contributed by atoms with van der Waals surface area (Å²) >= 11 is 7.39. The number of rotatable bonds is 38. The van der Waals surface area contributed by atoms with Crippen LogP contribution in [0.15, 0.2) is 177 Å². The molecule has 0 heterocycles. The van der Waals surface area contributed by atoms with Crippen molar-refractivity contribution in [1.29, 1.82) is 0 Å². The van der Waals surface area contributed by atoms with Crippen LogP contribution in [0.4, 0.5) is 11.4 Å². The summed E-state index contributed by atoms with van der Waals surface area (Å²) in [5, 5.41) is 0. The van der Waals surface area contributed by atoms with Gasteiger partial charge in [-0.25, -0.2) is 9.59 Å². The number of hydrogen-bond acceptors (Lipinski definition) is 10. The van der Waals surface area contributed by atoms with Crippen LogP contribution >= 0.6 is 31.9 Å². The number of unbranched alkanes of at least 4 members (excludes halogenated alkanes) is 12. The lowest BCUT2D eigenvalue weighted by Crippen LogP contribution is -2.11. The lowest BCUT2D eigenvalue weighted by molar-refractivity contribution is 0.0438. The molecule has 0 aromatic heterocycles. The van der Waals surface area contributed by atoms with Crippen molar-refractivity contribution in [3.05, 3.63) is 189 Å². The normalized spacial score (nSPS) is 12.1. The molecule has 0 saturated heterocycles. The van der Waals surface area contributed by atoms with Gasteiger partial charge in [-0.15, -0.1) is 0 Å². The van der Waals surface area contributed by atoms with E-state index < -0.39 is 0 Å². The Morgan fingerprint density at radius 1 is 0.395 bits per heavy atom. The molecule has 0 spiro atoms. The fourth-order valence-corrected chi connectivity index (χ4v) is 10.2. The summed E-state index contributed by atoms with van der Waals surface area (Å²) in [6.45, 7) is 12.0. The standard InChI is InChI=1S/C74H86Br2N2O8/c1-5-55(3)53-85-73(79)63-27-23-59(24-28-63)61-31-39-67(40-32-61)81-45-17-13-9-7-11-15-19-47-83-71-43-21-57(49-69(71)75)51-77-65-35-37-66(38-36-65)78-52-58-22-44-72(70(76)50-58)84-48-20-16-12-8-10-14-18-46-82-68-41-33-62(34-42-68)60-25-29-64(30-26-60)74(80)86-54-56(4)6-2/h21-44,49-52,55-56H,5-20,45-48,53-54H2,1-4H3/t55-,56-/m0/s1. The Hall–Kier alpha value is -7.02. The zero-order valence-electron chi connectivity index (χ0n) is 50.8. The average Bonchev–Trinajstić information content (AvgIpc) is 3.74. The fourth-order valence-electron chi connectivity index (χ4n) is 9.20. The first-order valence-corrected chi connectivity index (χ1v) is 32.7. The smallest absolute Gasteiger partial charge is 0.338 e. The molecule has 0 unspecified atom stereocenters. The van der Waals surface area contributed by atoms with Crippen molar-refractivity contribution < 1.29 is 38.0 Å². The Labute approximate surface area is 528 Å². The molecule has 10 nitrogen and oxygen atoms in total. The fraction of sp³-hybridized carbons (Fsp3) is 0.378. The summed E-state index contributed by atoms with van der Waals surface area (Å²) < 4.78 is 36.9. The second kappa shape index (κ2) is 37.5. The minimum Gasteiger partial charge on any atom is -0.494 e. The third kappa shape index (κ3) is 23.7. The molecule has 0 aliphatic carbocycles. The van der Waals surface area contributed by atoms with Gasteiger partial charge in [0.05, 0.1) is 71.1 Å². The van der Waals surface area contributed by atoms with Crippen molar-refractivity contribution in [3.63, 3.8) is 0 Å². The van der Waals surface area contributed by atoms with Crippen LogP contribution < -0.4 is 18.9 Å². The Kier molecular flexibility index (Phi) is 29.0. The summed E-state index contributed by atoms with van der Waals surface area (Å²) in [5.41, 5.74) is 9.06. The maximum atomic E-state index is 12.4. The molecule has 2 atom stereocenters. The van der Waals surface area contributed by atoms with Crippen LogP contribution in [-0.4, -0.2) is 64.0 Å². The zero-order chi connectivity index (χ0) is 60.6. The predicted molar refractivity (Wildman–Crippen MR) is 359 cm³/mol. The van der Waals surface area contributed by atoms with E-state index >= 15 is 0 Å². The van der Waals surface area contributed by atoms with Crippen LogP contribution in [-0.2, 0) is 9.47 Å². The van der Waals surface area contributed by atoms with Gasteiger partial charge in [0.25, 0.3) is 0 Å². The van der Waals surface area contributed by atoms with Crippen molar-refractivity contribution >= 4 is 67.6 Å². The first-order chi connectivity index (χ1) is 42.0. The highest BCUT2D eigenvalue weighted by Gasteiger charge is 2.13. The molecule has 7 rings (SSSR count). The Balaban J connectivity index is 0.674. The lowest BCUT2D eigenvalue weighted by atomic mass is 10.0. The van der Waals surface area contributed by atoms with Crippen LogP contribution in [0.3, 0.4) is 0 Å². The number of ether oxygens (including phenoxy) is 6. The van der Waals surface area contributed by atoms with Gasteiger partial charge >= 0.3 is 11.9 Å². The summed E-state index contributed by atoms with van der Waals surface area (Å²) in [6, 6.07) is 51.5. The summed E-state index contributed by atoms with van der Waals surface area (Å²) in [4.78, 5) is 34.1. The largest absolute Gasteiger partial charge is 0.494 e. The van der Waals surface area contributed by atoms with Gasteiger partial charge in [0.15, 0.2) is 0 Å². The number of carbonyl (C=O) groups is 2. The average molecular weight is 1290 g/mol. The van der Waals surface area contributed by atoms with Crippen molar-refractivity contribution in [3.8, 4) is 45.3 Å². The topological polar surface area (TPSA) is 114 Å². The molecule has 454 valence electrons. The second-order valence-electron chi connectivity index (χ2n) is 22.2. The van der Waals surface area contributed by atoms with E-state index in [4.69, 9.17) is 38.4 Å². The number of carbonyl (C=O) groups excluding carboxylic acids is 2. The van der Waals surface area contributed by atoms with Crippen molar-refractivity contribution in [2.75, 3.05) is 39.6 Å². The Morgan fingerprint density at radius 3 is 1.01 bits per heavy atom. The van der Waals surface area contributed by atoms with E-state index in [-0.39, 0.29) is 11.9 Å². The molecule has 7 aromatic rings. The van der Waals surface area contributed by atoms with E-state index in [1.165, 1.54) is 38.5 Å². The zero-order valence-corrected chi connectivity index (χ0v) is 54.0. The van der Waals surface area contributed by atoms with Gasteiger partial charge in [-0.3, -0.25) is 9.98 Å². The minimum atomic E-state index is -0.273. The van der Waals surface area contributed by atoms with Crippen LogP contribution in [0.25, 0.3) is 22.3 Å². The molecule has 0 N–H and O–H groups in total. The van der Waals surface area contributed by atoms with Gasteiger partial charge in [0, 0.05) is 12.4 Å². The van der Waals surface area contributed by atoms with E-state index in [0.29, 0.717) is 62.6 Å². The quantitative estimate of drug-likeness (QED) is 0.0214. The third-order valence-corrected chi connectivity index (χ3v) is 16.4. The molecule has 12 heteroatoms. The van der Waals surface area contributed by atoms with Crippen LogP contribution in [0.1, 0.15) is 162 Å². The lowest BCUT2D eigenvalue weighted by Gasteiger charge is -2.10. The van der Waals surface area contributed by atoms with Gasteiger partial charge in [-0.05, 0) is 212 Å². The van der Waals surface area contributed by atoms with Gasteiger partial charge in [0.2, 0.25) is 0 Å². The van der Waals surface area contributed by atoms with Gasteiger partial charge in [0.1, 0.15) is 23.0 Å². The van der Waals surface area contributed by atoms with E-state index in [1.807, 2.05) is 146 Å². The molecule has 0 saturated carbocycles. The summed E-state index contributed by atoms with van der Waals surface area (Å²) in [5.74, 6) is 3.60. The molecule has 86 heavy (non-hydrogen) atoms. The van der Waals surface area contributed by atoms with E-state index in [9.17, 15) is 9.59 Å². The highest BCUT2D eigenvalue weighted by Crippen LogP contribution is 2.30. The molecule has 0 bridgehead atoms. The number of esters is 2. The van der Waals surface area contributed by atoms with Crippen molar-refractivity contribution in [1.82, 2.24) is 0 Å². The van der Waals surface area contributed by atoms with Gasteiger partial charge < -0.3 is 28.4 Å². The van der Waals surface area contributed by atoms with Gasteiger partial charge in [-0.2, -0.15) is 0 Å². The first kappa shape index (κ1) is 66.5. The minimum absolute atomic E-state index is 0.273. The Morgan fingerprint density at radius 2 is 0.698 bits per heavy atom. The maximum absolute atomic E-state index is 12.4. The Bertz CT molecular complexity index is 2950. The highest BCUT2D eigenvalue weighted by molar-refractivity contribution is 9.11. The SMILES string of the molecule is CC[C@H](C)COC(=O)c1ccc(-c2ccc(OCCCCCCCCCOc3ccc(C=Nc4ccc(N=Cc5ccc(OCCCCCCCCCOc6ccc(-c7ccc(C(=O)OC[C@@H](C)CC)cc7)cc6)c(Br)c5)cc4)cc3Br)cc2)cc1. The molecule has 0 aliphatic heterocycles. The van der Waals surface area contributed by atoms with E-state index in [2.05, 4.69) is 83.8 Å². The summed E-state index contributed by atoms with van der Waals surface area (Å²) in [7, 11) is 0. The van der Waals surface area contributed by atoms with E-state index in [1.54, 1.807) is 0 Å². The number of aliphatic imine (C=N–C) groups is 2. The monoisotopic (exact) mass is 1290 g/mol. The predicted octanol–water partition coefficient (Wildman–Crippen LogP) is 20.8.